The highest BCUT2D eigenvalue weighted by atomic mass is 16.5. The van der Waals surface area contributed by atoms with Gasteiger partial charge in [0, 0.05) is 6.42 Å². The highest BCUT2D eigenvalue weighted by molar-refractivity contribution is 5.67. The van der Waals surface area contributed by atoms with Gasteiger partial charge in [-0.05, 0) is 37.0 Å². The first-order valence-electron chi connectivity index (χ1n) is 4.91. The van der Waals surface area contributed by atoms with Crippen LogP contribution < -0.4 is 4.74 Å². The van der Waals surface area contributed by atoms with Crippen LogP contribution in [0.3, 0.4) is 0 Å². The molecule has 0 heterocycles. The van der Waals surface area contributed by atoms with Gasteiger partial charge in [-0.3, -0.25) is 4.79 Å². The molecule has 0 radical (unpaired) electrons. The van der Waals surface area contributed by atoms with E-state index in [0.717, 1.165) is 22.4 Å². The first kappa shape index (κ1) is 11.6. The lowest BCUT2D eigenvalue weighted by molar-refractivity contribution is -0.136. The normalized spacial score (nSPS) is 10.1. The molecule has 1 rings (SSSR count). The molecule has 0 aliphatic carbocycles. The first-order valence-corrected chi connectivity index (χ1v) is 4.91. The van der Waals surface area contributed by atoms with Crippen molar-refractivity contribution in [1.29, 1.82) is 0 Å². The molecule has 0 fully saturated rings. The van der Waals surface area contributed by atoms with Gasteiger partial charge in [-0.15, -0.1) is 0 Å². The maximum atomic E-state index is 10.5. The van der Waals surface area contributed by atoms with Crippen LogP contribution in [0, 0.1) is 13.8 Å². The summed E-state index contributed by atoms with van der Waals surface area (Å²) in [7, 11) is 1.64. The van der Waals surface area contributed by atoms with Gasteiger partial charge in [-0.25, -0.2) is 0 Å². The fraction of sp³-hybridized carbons (Fsp3) is 0.417. The minimum Gasteiger partial charge on any atom is -0.496 e. The zero-order valence-corrected chi connectivity index (χ0v) is 9.33. The second-order valence-corrected chi connectivity index (χ2v) is 3.59. The third kappa shape index (κ3) is 2.72. The van der Waals surface area contributed by atoms with Gasteiger partial charge in [0.15, 0.2) is 0 Å². The predicted molar refractivity (Wildman–Crippen MR) is 58.4 cm³/mol. The molecule has 1 aromatic rings. The second-order valence-electron chi connectivity index (χ2n) is 3.59. The van der Waals surface area contributed by atoms with Crippen LogP contribution in [-0.2, 0) is 11.2 Å². The molecule has 0 bridgehead atoms. The van der Waals surface area contributed by atoms with Crippen LogP contribution in [0.2, 0.25) is 0 Å². The third-order valence-electron chi connectivity index (χ3n) is 2.53. The zero-order chi connectivity index (χ0) is 11.4. The van der Waals surface area contributed by atoms with Gasteiger partial charge in [-0.2, -0.15) is 0 Å². The smallest absolute Gasteiger partial charge is 0.303 e. The lowest BCUT2D eigenvalue weighted by Gasteiger charge is -2.12. The molecular weight excluding hydrogens is 192 g/mol. The Bertz CT molecular complexity index is 369. The van der Waals surface area contributed by atoms with Crippen molar-refractivity contribution in [1.82, 2.24) is 0 Å². The van der Waals surface area contributed by atoms with Crippen molar-refractivity contribution in [2.45, 2.75) is 26.7 Å². The maximum absolute atomic E-state index is 10.5. The van der Waals surface area contributed by atoms with Crippen molar-refractivity contribution in [3.05, 3.63) is 28.8 Å². The summed E-state index contributed by atoms with van der Waals surface area (Å²) < 4.78 is 5.28. The van der Waals surface area contributed by atoms with E-state index < -0.39 is 5.97 Å². The number of benzene rings is 1. The van der Waals surface area contributed by atoms with E-state index in [0.29, 0.717) is 6.42 Å². The number of ether oxygens (including phenoxy) is 1. The summed E-state index contributed by atoms with van der Waals surface area (Å²) >= 11 is 0. The first-order chi connectivity index (χ1) is 7.06. The zero-order valence-electron chi connectivity index (χ0n) is 9.33. The Morgan fingerprint density at radius 1 is 1.40 bits per heavy atom. The van der Waals surface area contributed by atoms with Crippen molar-refractivity contribution in [2.75, 3.05) is 7.11 Å². The second kappa shape index (κ2) is 4.82. The van der Waals surface area contributed by atoms with Crippen molar-refractivity contribution in [3.63, 3.8) is 0 Å². The summed E-state index contributed by atoms with van der Waals surface area (Å²) in [6.45, 7) is 3.94. The number of carboxylic acids is 1. The van der Waals surface area contributed by atoms with Crippen LogP contribution in [0.1, 0.15) is 23.1 Å². The van der Waals surface area contributed by atoms with E-state index in [1.165, 1.54) is 0 Å². The highest BCUT2D eigenvalue weighted by Gasteiger charge is 2.08. The van der Waals surface area contributed by atoms with E-state index in [2.05, 4.69) is 0 Å². The Balaban J connectivity index is 2.94. The minimum atomic E-state index is -0.769. The summed E-state index contributed by atoms with van der Waals surface area (Å²) in [6.07, 6.45) is 0.713. The van der Waals surface area contributed by atoms with E-state index in [-0.39, 0.29) is 6.42 Å². The molecule has 3 heteroatoms. The molecule has 0 unspecified atom stereocenters. The fourth-order valence-electron chi connectivity index (χ4n) is 1.69. The van der Waals surface area contributed by atoms with Crippen LogP contribution in [0.4, 0.5) is 0 Å². The number of methoxy groups -OCH3 is 1. The predicted octanol–water partition coefficient (Wildman–Crippen LogP) is 2.33. The molecule has 0 spiro atoms. The molecule has 0 saturated heterocycles. The molecular formula is C12H16O3. The quantitative estimate of drug-likeness (QED) is 0.826. The third-order valence-corrected chi connectivity index (χ3v) is 2.53. The van der Waals surface area contributed by atoms with Crippen LogP contribution in [0.15, 0.2) is 12.1 Å². The lowest BCUT2D eigenvalue weighted by atomic mass is 10.0. The van der Waals surface area contributed by atoms with E-state index in [1.807, 2.05) is 26.0 Å². The van der Waals surface area contributed by atoms with Gasteiger partial charge >= 0.3 is 5.97 Å². The molecule has 0 aromatic heterocycles. The summed E-state index contributed by atoms with van der Waals surface area (Å²) in [5, 5.41) is 8.62. The van der Waals surface area contributed by atoms with Crippen LogP contribution >= 0.6 is 0 Å². The number of hydrogen-bond acceptors (Lipinski definition) is 2. The Kier molecular flexibility index (Phi) is 3.72. The maximum Gasteiger partial charge on any atom is 0.303 e. The van der Waals surface area contributed by atoms with Crippen LogP contribution in [0.5, 0.6) is 5.75 Å². The van der Waals surface area contributed by atoms with Gasteiger partial charge in [0.2, 0.25) is 0 Å². The molecule has 0 aliphatic heterocycles. The van der Waals surface area contributed by atoms with Gasteiger partial charge in [0.05, 0.1) is 7.11 Å². The van der Waals surface area contributed by atoms with Crippen molar-refractivity contribution in [2.24, 2.45) is 0 Å². The fourth-order valence-corrected chi connectivity index (χ4v) is 1.69. The number of carboxylic acid groups (broad SMARTS) is 1. The minimum absolute atomic E-state index is 0.160. The van der Waals surface area contributed by atoms with Crippen molar-refractivity contribution in [3.8, 4) is 5.75 Å². The number of hydrogen-bond donors (Lipinski definition) is 1. The molecule has 1 aromatic carbocycles. The molecule has 82 valence electrons. The largest absolute Gasteiger partial charge is 0.496 e. The Labute approximate surface area is 89.7 Å². The van der Waals surface area contributed by atoms with Gasteiger partial charge < -0.3 is 9.84 Å². The van der Waals surface area contributed by atoms with E-state index in [1.54, 1.807) is 7.11 Å². The molecule has 15 heavy (non-hydrogen) atoms. The number of aryl methyl sites for hydroxylation is 2. The van der Waals surface area contributed by atoms with Gasteiger partial charge in [0.25, 0.3) is 0 Å². The van der Waals surface area contributed by atoms with E-state index in [9.17, 15) is 4.79 Å². The summed E-state index contributed by atoms with van der Waals surface area (Å²) in [5.74, 6) is 0.0897. The summed E-state index contributed by atoms with van der Waals surface area (Å²) in [5.41, 5.74) is 3.16. The summed E-state index contributed by atoms with van der Waals surface area (Å²) in [6, 6.07) is 3.93. The highest BCUT2D eigenvalue weighted by Crippen LogP contribution is 2.26. The molecule has 1 N–H and O–H groups in total. The molecule has 3 nitrogen and oxygen atoms in total. The Morgan fingerprint density at radius 3 is 2.60 bits per heavy atom. The number of carbonyl (C=O) groups is 1. The Morgan fingerprint density at radius 2 is 2.07 bits per heavy atom. The van der Waals surface area contributed by atoms with Gasteiger partial charge in [0.1, 0.15) is 5.75 Å². The van der Waals surface area contributed by atoms with Crippen LogP contribution in [-0.4, -0.2) is 18.2 Å². The SMILES string of the molecule is COc1c(C)ccc(CCC(=O)O)c1C. The Hall–Kier alpha value is -1.51. The van der Waals surface area contributed by atoms with Crippen molar-refractivity contribution < 1.29 is 14.6 Å². The van der Waals surface area contributed by atoms with Crippen molar-refractivity contribution >= 4 is 5.97 Å². The standard InChI is InChI=1S/C12H16O3/c1-8-4-5-10(6-7-11(13)14)9(2)12(8)15-3/h4-5H,6-7H2,1-3H3,(H,13,14). The molecule has 0 amide bonds. The summed E-state index contributed by atoms with van der Waals surface area (Å²) in [4.78, 5) is 10.5. The molecule has 0 aliphatic rings. The van der Waals surface area contributed by atoms with E-state index >= 15 is 0 Å². The monoisotopic (exact) mass is 208 g/mol. The number of aliphatic carboxylic acids is 1. The average molecular weight is 208 g/mol. The molecule has 0 atom stereocenters. The lowest BCUT2D eigenvalue weighted by Crippen LogP contribution is -2.01. The van der Waals surface area contributed by atoms with Crippen LogP contribution in [0.25, 0.3) is 0 Å². The van der Waals surface area contributed by atoms with E-state index in [4.69, 9.17) is 9.84 Å². The number of rotatable bonds is 4. The topological polar surface area (TPSA) is 46.5 Å². The average Bonchev–Trinajstić information content (AvgIpc) is 2.17. The molecule has 0 saturated carbocycles. The van der Waals surface area contributed by atoms with Gasteiger partial charge in [-0.1, -0.05) is 12.1 Å².